The molecule has 19 aromatic rings. The molecule has 0 aliphatic carbocycles. The Kier molecular flexibility index (Phi) is 9.30. The normalized spacial score (nSPS) is 12.3. The Morgan fingerprint density at radius 1 is 0.179 bits per heavy atom. The highest BCUT2D eigenvalue weighted by atomic mass is 15.0. The van der Waals surface area contributed by atoms with Gasteiger partial charge in [0.1, 0.15) is 11.0 Å². The van der Waals surface area contributed by atoms with Gasteiger partial charge in [0.25, 0.3) is 0 Å². The molecule has 5 heterocycles. The van der Waals surface area contributed by atoms with Crippen molar-refractivity contribution in [3.05, 3.63) is 279 Å². The molecule has 386 valence electrons. The fourth-order valence-corrected chi connectivity index (χ4v) is 14.5. The summed E-state index contributed by atoms with van der Waals surface area (Å²) in [5.74, 6) is 0. The Hall–Kier alpha value is -11.2. The van der Waals surface area contributed by atoms with E-state index in [1.807, 2.05) is 0 Å². The van der Waals surface area contributed by atoms with Crippen LogP contribution in [0.1, 0.15) is 0 Å². The Balaban J connectivity index is 1.06. The summed E-state index contributed by atoms with van der Waals surface area (Å²) in [6.45, 7) is 0. The average Bonchev–Trinajstić information content (AvgIpc) is 1.61. The maximum Gasteiger partial charge on any atom is 0.100 e. The topological polar surface area (TPSA) is 34.6 Å². The summed E-state index contributed by atoms with van der Waals surface area (Å²) in [6, 6.07) is 103. The SMILES string of the molecule is c1ccc(-c2ccc3c(c2)c2cc(-c4ccccc4)ccc2c2nc4c(nc32)c2c3cc(-c5ccccc5)cc5c6cc(-c7ccccc7)ccc6n(c53)c2c2c4c3cc(-c4ccccc4)cc4c5cc(-c6ccccc6)ccc5n2c43)cc1. The van der Waals surface area contributed by atoms with Crippen molar-refractivity contribution < 1.29 is 0 Å². The van der Waals surface area contributed by atoms with Gasteiger partial charge in [-0.05, 0) is 138 Å². The molecule has 0 atom stereocenters. The molecule has 0 aliphatic rings. The van der Waals surface area contributed by atoms with Crippen LogP contribution in [0.15, 0.2) is 279 Å². The van der Waals surface area contributed by atoms with E-state index in [9.17, 15) is 0 Å². The summed E-state index contributed by atoms with van der Waals surface area (Å²) >= 11 is 0. The molecule has 0 spiro atoms. The van der Waals surface area contributed by atoms with Crippen LogP contribution in [0.25, 0.3) is 187 Å². The first-order valence-electron chi connectivity index (χ1n) is 29.0. The summed E-state index contributed by atoms with van der Waals surface area (Å²) in [4.78, 5) is 12.4. The molecule has 0 N–H and O–H groups in total. The highest BCUT2D eigenvalue weighted by Gasteiger charge is 2.31. The van der Waals surface area contributed by atoms with E-state index in [0.717, 1.165) is 109 Å². The van der Waals surface area contributed by atoms with E-state index < -0.39 is 0 Å². The lowest BCUT2D eigenvalue weighted by atomic mass is 9.93. The largest absolute Gasteiger partial charge is 0.306 e. The molecule has 0 unspecified atom stereocenters. The molecular weight excluding hydrogens is 1020 g/mol. The molecule has 4 nitrogen and oxygen atoms in total. The van der Waals surface area contributed by atoms with Crippen LogP contribution < -0.4 is 0 Å². The van der Waals surface area contributed by atoms with Gasteiger partial charge in [0.15, 0.2) is 0 Å². The van der Waals surface area contributed by atoms with Crippen LogP contribution in [0.3, 0.4) is 0 Å². The van der Waals surface area contributed by atoms with Gasteiger partial charge in [0.05, 0.1) is 44.1 Å². The Morgan fingerprint density at radius 3 is 0.786 bits per heavy atom. The molecule has 0 bridgehead atoms. The summed E-state index contributed by atoms with van der Waals surface area (Å²) in [6.07, 6.45) is 0. The Morgan fingerprint density at radius 2 is 0.452 bits per heavy atom. The van der Waals surface area contributed by atoms with Crippen molar-refractivity contribution in [2.75, 3.05) is 0 Å². The van der Waals surface area contributed by atoms with E-state index in [-0.39, 0.29) is 0 Å². The Labute approximate surface area is 481 Å². The van der Waals surface area contributed by atoms with Crippen LogP contribution in [0.5, 0.6) is 0 Å². The molecule has 0 amide bonds. The number of rotatable bonds is 6. The lowest BCUT2D eigenvalue weighted by Gasteiger charge is -2.15. The zero-order valence-corrected chi connectivity index (χ0v) is 45.3. The summed E-state index contributed by atoms with van der Waals surface area (Å²) < 4.78 is 5.19. The average molecular weight is 1060 g/mol. The van der Waals surface area contributed by atoms with Crippen molar-refractivity contribution in [2.45, 2.75) is 0 Å². The zero-order valence-electron chi connectivity index (χ0n) is 45.3. The number of aromatic nitrogens is 4. The minimum atomic E-state index is 0.892. The van der Waals surface area contributed by atoms with Gasteiger partial charge < -0.3 is 8.80 Å². The lowest BCUT2D eigenvalue weighted by Crippen LogP contribution is -1.95. The van der Waals surface area contributed by atoms with Crippen molar-refractivity contribution in [2.24, 2.45) is 0 Å². The monoisotopic (exact) mass is 1060 g/mol. The predicted octanol–water partition coefficient (Wildman–Crippen LogP) is 21.4. The van der Waals surface area contributed by atoms with Crippen molar-refractivity contribution >= 4 is 120 Å². The van der Waals surface area contributed by atoms with Gasteiger partial charge in [0.2, 0.25) is 0 Å². The molecule has 0 aliphatic heterocycles. The molecular formula is C80H46N4. The van der Waals surface area contributed by atoms with E-state index in [1.165, 1.54) is 77.1 Å². The smallest absolute Gasteiger partial charge is 0.100 e. The number of benzene rings is 14. The van der Waals surface area contributed by atoms with E-state index in [4.69, 9.17) is 9.97 Å². The van der Waals surface area contributed by atoms with Gasteiger partial charge in [-0.1, -0.05) is 218 Å². The molecule has 0 radical (unpaired) electrons. The third-order valence-corrected chi connectivity index (χ3v) is 18.3. The van der Waals surface area contributed by atoms with Gasteiger partial charge in [0, 0.05) is 53.9 Å². The van der Waals surface area contributed by atoms with Gasteiger partial charge in [-0.3, -0.25) is 0 Å². The van der Waals surface area contributed by atoms with E-state index in [1.54, 1.807) is 0 Å². The molecule has 19 rings (SSSR count). The number of nitrogens with zero attached hydrogens (tertiary/aromatic N) is 4. The van der Waals surface area contributed by atoms with E-state index >= 15 is 0 Å². The van der Waals surface area contributed by atoms with Crippen LogP contribution in [-0.2, 0) is 0 Å². The predicted molar refractivity (Wildman–Crippen MR) is 354 cm³/mol. The molecule has 4 heteroatoms. The maximum absolute atomic E-state index is 6.19. The van der Waals surface area contributed by atoms with Crippen LogP contribution in [0, 0.1) is 0 Å². The van der Waals surface area contributed by atoms with Gasteiger partial charge in [-0.2, -0.15) is 0 Å². The second-order valence-electron chi connectivity index (χ2n) is 22.8. The van der Waals surface area contributed by atoms with Crippen molar-refractivity contribution in [3.8, 4) is 66.8 Å². The first-order chi connectivity index (χ1) is 41.7. The standard InChI is InChI=1S/C80H46N4/c1-7-19-47(20-8-1)53-31-35-59-61(39-53)62-40-54(48-21-9-2-10-22-48)32-36-60(62)74-73(59)81-75-71-67-45-57(51-27-15-5-16-28-51)43-65-63-41-55(49-23-11-3-12-24-49)33-37-69(63)83(77(65)67)79(71)80-72(76(75)82-74)68-46-58(52-29-17-6-18-30-52)44-66-64-42-56(50-25-13-4-14-26-50)34-38-70(64)84(80)78(66)68/h1-46H. The molecule has 84 heavy (non-hydrogen) atoms. The van der Waals surface area contributed by atoms with Crippen LogP contribution in [0.4, 0.5) is 0 Å². The molecule has 14 aromatic carbocycles. The Bertz CT molecular complexity index is 5550. The second-order valence-corrected chi connectivity index (χ2v) is 22.8. The molecule has 0 saturated carbocycles. The number of hydrogen-bond acceptors (Lipinski definition) is 2. The minimum absolute atomic E-state index is 0.892. The highest BCUT2D eigenvalue weighted by Crippen LogP contribution is 2.52. The second kappa shape index (κ2) is 17.2. The van der Waals surface area contributed by atoms with Crippen molar-refractivity contribution in [1.29, 1.82) is 0 Å². The quantitative estimate of drug-likeness (QED) is 0.123. The first kappa shape index (κ1) is 45.5. The number of hydrogen-bond donors (Lipinski definition) is 0. The van der Waals surface area contributed by atoms with E-state index in [0.29, 0.717) is 0 Å². The van der Waals surface area contributed by atoms with Crippen molar-refractivity contribution in [1.82, 2.24) is 18.8 Å². The van der Waals surface area contributed by atoms with E-state index in [2.05, 4.69) is 288 Å². The van der Waals surface area contributed by atoms with Gasteiger partial charge in [-0.25, -0.2) is 9.97 Å². The first-order valence-corrected chi connectivity index (χ1v) is 29.0. The van der Waals surface area contributed by atoms with Crippen molar-refractivity contribution in [3.63, 3.8) is 0 Å². The van der Waals surface area contributed by atoms with Gasteiger partial charge >= 0.3 is 0 Å². The number of fused-ring (bicyclic) bond motifs is 22. The maximum atomic E-state index is 6.19. The minimum Gasteiger partial charge on any atom is -0.306 e. The molecule has 5 aromatic heterocycles. The fraction of sp³-hybridized carbons (Fsp3) is 0. The molecule has 0 fully saturated rings. The fourth-order valence-electron chi connectivity index (χ4n) is 14.5. The lowest BCUT2D eigenvalue weighted by molar-refractivity contribution is 1.33. The summed E-state index contributed by atoms with van der Waals surface area (Å²) in [5, 5.41) is 13.8. The van der Waals surface area contributed by atoms with Crippen LogP contribution >= 0.6 is 0 Å². The molecule has 0 saturated heterocycles. The zero-order chi connectivity index (χ0) is 54.7. The highest BCUT2D eigenvalue weighted by molar-refractivity contribution is 6.41. The van der Waals surface area contributed by atoms with Gasteiger partial charge in [-0.15, -0.1) is 0 Å². The van der Waals surface area contributed by atoms with Crippen LogP contribution in [0.2, 0.25) is 0 Å². The summed E-state index contributed by atoms with van der Waals surface area (Å²) in [5.41, 5.74) is 24.6. The summed E-state index contributed by atoms with van der Waals surface area (Å²) in [7, 11) is 0. The third kappa shape index (κ3) is 6.36. The van der Waals surface area contributed by atoms with Crippen LogP contribution in [-0.4, -0.2) is 18.8 Å². The third-order valence-electron chi connectivity index (χ3n) is 18.3.